The summed E-state index contributed by atoms with van der Waals surface area (Å²) in [5.74, 6) is -1.98. The maximum Gasteiger partial charge on any atom is 0.337 e. The van der Waals surface area contributed by atoms with Gasteiger partial charge in [0.1, 0.15) is 6.61 Å². The first-order chi connectivity index (χ1) is 12.5. The van der Waals surface area contributed by atoms with Crippen LogP contribution in [0, 0.1) is 5.41 Å². The lowest BCUT2D eigenvalue weighted by atomic mass is 9.95. The fraction of sp³-hybridized carbons (Fsp3) is 0.647. The molecule has 3 amide bonds. The Bertz CT molecular complexity index is 635. The van der Waals surface area contributed by atoms with Gasteiger partial charge in [0.15, 0.2) is 6.04 Å². The van der Waals surface area contributed by atoms with Crippen molar-refractivity contribution in [2.45, 2.75) is 46.8 Å². The molecule has 27 heavy (non-hydrogen) atoms. The second-order valence-corrected chi connectivity index (χ2v) is 7.03. The minimum atomic E-state index is -1.29. The van der Waals surface area contributed by atoms with Crippen LogP contribution in [0.2, 0.25) is 0 Å². The topological polar surface area (TPSA) is 143 Å². The van der Waals surface area contributed by atoms with E-state index in [9.17, 15) is 24.3 Å². The van der Waals surface area contributed by atoms with E-state index in [0.29, 0.717) is 0 Å². The highest BCUT2D eigenvalue weighted by atomic mass is 16.5. The van der Waals surface area contributed by atoms with Gasteiger partial charge < -0.3 is 30.5 Å². The zero-order valence-corrected chi connectivity index (χ0v) is 16.2. The summed E-state index contributed by atoms with van der Waals surface area (Å²) in [4.78, 5) is 47.8. The first-order valence-electron chi connectivity index (χ1n) is 8.57. The number of hydrogen-bond donors (Lipinski definition) is 4. The molecule has 1 heterocycles. The standard InChI is InChI=1S/C17H27N3O7/c1-6-26-13(22)10-7-18-16(25)19-11(10)8-27-14(23)12(9(2)21)20-15(24)17(3,4)5/h9,12,21H,6-8H2,1-5H3,(H,20,24)(H2,18,19,25). The summed E-state index contributed by atoms with van der Waals surface area (Å²) in [5, 5.41) is 17.1. The van der Waals surface area contributed by atoms with E-state index < -0.39 is 48.0 Å². The Morgan fingerprint density at radius 1 is 1.26 bits per heavy atom. The molecule has 4 N–H and O–H groups in total. The van der Waals surface area contributed by atoms with Crippen molar-refractivity contribution in [3.8, 4) is 0 Å². The molecule has 0 bridgehead atoms. The Balaban J connectivity index is 2.87. The second kappa shape index (κ2) is 9.36. The molecule has 1 rings (SSSR count). The number of amides is 3. The van der Waals surface area contributed by atoms with Gasteiger partial charge >= 0.3 is 18.0 Å². The molecular formula is C17H27N3O7. The summed E-state index contributed by atoms with van der Waals surface area (Å²) in [6.07, 6.45) is -1.20. The largest absolute Gasteiger partial charge is 0.463 e. The van der Waals surface area contributed by atoms with E-state index in [1.54, 1.807) is 27.7 Å². The van der Waals surface area contributed by atoms with Crippen LogP contribution in [0.5, 0.6) is 0 Å². The molecule has 0 saturated carbocycles. The summed E-state index contributed by atoms with van der Waals surface area (Å²) in [7, 11) is 0. The molecule has 10 nitrogen and oxygen atoms in total. The van der Waals surface area contributed by atoms with Crippen molar-refractivity contribution in [2.75, 3.05) is 19.8 Å². The Labute approximate surface area is 157 Å². The SMILES string of the molecule is CCOC(=O)C1=C(COC(=O)C(NC(=O)C(C)(C)C)C(C)O)NC(=O)NC1. The van der Waals surface area contributed by atoms with Crippen LogP contribution in [0.25, 0.3) is 0 Å². The highest BCUT2D eigenvalue weighted by Crippen LogP contribution is 2.14. The molecule has 0 spiro atoms. The maximum absolute atomic E-state index is 12.3. The van der Waals surface area contributed by atoms with Gasteiger partial charge in [-0.15, -0.1) is 0 Å². The lowest BCUT2D eigenvalue weighted by Crippen LogP contribution is -2.52. The summed E-state index contributed by atoms with van der Waals surface area (Å²) in [6, 6.07) is -1.84. The number of ether oxygens (including phenoxy) is 2. The molecular weight excluding hydrogens is 358 g/mol. The van der Waals surface area contributed by atoms with Crippen LogP contribution < -0.4 is 16.0 Å². The van der Waals surface area contributed by atoms with Gasteiger partial charge in [-0.05, 0) is 13.8 Å². The molecule has 0 saturated heterocycles. The molecule has 0 aromatic rings. The minimum absolute atomic E-state index is 0.0713. The number of hydrogen-bond acceptors (Lipinski definition) is 7. The van der Waals surface area contributed by atoms with Crippen molar-refractivity contribution in [3.05, 3.63) is 11.3 Å². The number of carbonyl (C=O) groups excluding carboxylic acids is 4. The van der Waals surface area contributed by atoms with E-state index in [4.69, 9.17) is 9.47 Å². The summed E-state index contributed by atoms with van der Waals surface area (Å²) in [6.45, 7) is 7.61. The van der Waals surface area contributed by atoms with Crippen molar-refractivity contribution >= 4 is 23.9 Å². The van der Waals surface area contributed by atoms with Gasteiger partial charge in [-0.2, -0.15) is 0 Å². The molecule has 0 radical (unpaired) electrons. The molecule has 0 fully saturated rings. The Hall–Kier alpha value is -2.62. The van der Waals surface area contributed by atoms with E-state index >= 15 is 0 Å². The van der Waals surface area contributed by atoms with Gasteiger partial charge in [0, 0.05) is 5.41 Å². The summed E-state index contributed by atoms with van der Waals surface area (Å²) >= 11 is 0. The molecule has 152 valence electrons. The number of urea groups is 1. The van der Waals surface area contributed by atoms with Crippen LogP contribution in [0.4, 0.5) is 4.79 Å². The van der Waals surface area contributed by atoms with Crippen LogP contribution in [0.3, 0.4) is 0 Å². The number of aliphatic hydroxyl groups is 1. The highest BCUT2D eigenvalue weighted by molar-refractivity contribution is 5.94. The molecule has 0 aliphatic carbocycles. The lowest BCUT2D eigenvalue weighted by molar-refractivity contribution is -0.151. The van der Waals surface area contributed by atoms with Gasteiger partial charge in [-0.25, -0.2) is 14.4 Å². The zero-order chi connectivity index (χ0) is 20.8. The van der Waals surface area contributed by atoms with Crippen molar-refractivity contribution in [1.82, 2.24) is 16.0 Å². The summed E-state index contributed by atoms with van der Waals surface area (Å²) < 4.78 is 10.0. The molecule has 0 aromatic heterocycles. The number of nitrogens with one attached hydrogen (secondary N) is 3. The van der Waals surface area contributed by atoms with Gasteiger partial charge in [-0.1, -0.05) is 20.8 Å². The van der Waals surface area contributed by atoms with Crippen LogP contribution >= 0.6 is 0 Å². The van der Waals surface area contributed by atoms with Gasteiger partial charge in [0.25, 0.3) is 0 Å². The predicted molar refractivity (Wildman–Crippen MR) is 94.2 cm³/mol. The van der Waals surface area contributed by atoms with E-state index in [0.717, 1.165) is 0 Å². The fourth-order valence-electron chi connectivity index (χ4n) is 2.04. The number of rotatable bonds is 7. The van der Waals surface area contributed by atoms with Gasteiger partial charge in [0.2, 0.25) is 5.91 Å². The Morgan fingerprint density at radius 2 is 1.89 bits per heavy atom. The first-order valence-corrected chi connectivity index (χ1v) is 8.57. The number of esters is 2. The van der Waals surface area contributed by atoms with Gasteiger partial charge in [0.05, 0.1) is 30.5 Å². The third kappa shape index (κ3) is 6.55. The molecule has 0 aromatic carbocycles. The van der Waals surface area contributed by atoms with E-state index in [1.165, 1.54) is 6.92 Å². The van der Waals surface area contributed by atoms with Crippen molar-refractivity contribution in [2.24, 2.45) is 5.41 Å². The van der Waals surface area contributed by atoms with Crippen LogP contribution in [-0.4, -0.2) is 60.9 Å². The summed E-state index contributed by atoms with van der Waals surface area (Å²) in [5.41, 5.74) is -0.565. The normalized spacial score (nSPS) is 16.6. The monoisotopic (exact) mass is 385 g/mol. The zero-order valence-electron chi connectivity index (χ0n) is 16.2. The Morgan fingerprint density at radius 3 is 2.41 bits per heavy atom. The molecule has 1 aliphatic heterocycles. The quantitative estimate of drug-likeness (QED) is 0.436. The maximum atomic E-state index is 12.3. The van der Waals surface area contributed by atoms with E-state index in [-0.39, 0.29) is 24.4 Å². The molecule has 2 atom stereocenters. The Kier molecular flexibility index (Phi) is 7.77. The third-order valence-corrected chi connectivity index (χ3v) is 3.64. The molecule has 1 aliphatic rings. The highest BCUT2D eigenvalue weighted by Gasteiger charge is 2.32. The average Bonchev–Trinajstić information content (AvgIpc) is 2.56. The molecule has 10 heteroatoms. The van der Waals surface area contributed by atoms with E-state index in [1.807, 2.05) is 0 Å². The number of aliphatic hydroxyl groups excluding tert-OH is 1. The predicted octanol–water partition coefficient (Wildman–Crippen LogP) is -0.429. The van der Waals surface area contributed by atoms with Crippen LogP contribution in [-0.2, 0) is 23.9 Å². The first kappa shape index (κ1) is 22.4. The third-order valence-electron chi connectivity index (χ3n) is 3.64. The fourth-order valence-corrected chi connectivity index (χ4v) is 2.04. The van der Waals surface area contributed by atoms with Crippen LogP contribution in [0.15, 0.2) is 11.3 Å². The lowest BCUT2D eigenvalue weighted by Gasteiger charge is -2.26. The van der Waals surface area contributed by atoms with Crippen molar-refractivity contribution in [3.63, 3.8) is 0 Å². The number of carbonyl (C=O) groups is 4. The van der Waals surface area contributed by atoms with Crippen molar-refractivity contribution in [1.29, 1.82) is 0 Å². The second-order valence-electron chi connectivity index (χ2n) is 7.03. The molecule has 2 unspecified atom stereocenters. The van der Waals surface area contributed by atoms with Crippen molar-refractivity contribution < 1.29 is 33.8 Å². The average molecular weight is 385 g/mol. The van der Waals surface area contributed by atoms with Gasteiger partial charge in [-0.3, -0.25) is 4.79 Å². The van der Waals surface area contributed by atoms with Crippen LogP contribution in [0.1, 0.15) is 34.6 Å². The minimum Gasteiger partial charge on any atom is -0.463 e. The smallest absolute Gasteiger partial charge is 0.337 e. The van der Waals surface area contributed by atoms with E-state index in [2.05, 4.69) is 16.0 Å².